The largest absolute Gasteiger partial charge is 0.397 e. The van der Waals surface area contributed by atoms with Crippen LogP contribution in [-0.2, 0) is 0 Å². The molecule has 98 valence electrons. The molecule has 19 heavy (non-hydrogen) atoms. The van der Waals surface area contributed by atoms with E-state index in [0.717, 1.165) is 0 Å². The highest BCUT2D eigenvalue weighted by Crippen LogP contribution is 2.23. The van der Waals surface area contributed by atoms with Crippen LogP contribution in [0.2, 0.25) is 5.02 Å². The van der Waals surface area contributed by atoms with Crippen LogP contribution in [0.4, 0.5) is 15.8 Å². The summed E-state index contributed by atoms with van der Waals surface area (Å²) >= 11 is 5.84. The highest BCUT2D eigenvalue weighted by atomic mass is 35.5. The highest BCUT2D eigenvalue weighted by molar-refractivity contribution is 6.31. The third-order valence-corrected chi connectivity index (χ3v) is 2.92. The molecule has 1 amide bonds. The van der Waals surface area contributed by atoms with Crippen LogP contribution in [0.5, 0.6) is 0 Å². The summed E-state index contributed by atoms with van der Waals surface area (Å²) in [6.07, 6.45) is 0. The SMILES string of the molecule is Cc1cc(C(=O)Nc2cc(Cl)ccc2N)ccc1F. The lowest BCUT2D eigenvalue weighted by Crippen LogP contribution is -2.13. The van der Waals surface area contributed by atoms with E-state index in [4.69, 9.17) is 17.3 Å². The average molecular weight is 279 g/mol. The standard InChI is InChI=1S/C14H12ClFN2O/c1-8-6-9(2-4-11(8)16)14(19)18-13-7-10(15)3-5-12(13)17/h2-7H,17H2,1H3,(H,18,19). The first-order valence-corrected chi connectivity index (χ1v) is 5.97. The molecule has 0 atom stereocenters. The molecule has 3 nitrogen and oxygen atoms in total. The van der Waals surface area contributed by atoms with Gasteiger partial charge >= 0.3 is 0 Å². The number of halogens is 2. The number of rotatable bonds is 2. The quantitative estimate of drug-likeness (QED) is 0.824. The smallest absolute Gasteiger partial charge is 0.255 e. The average Bonchev–Trinajstić information content (AvgIpc) is 2.37. The molecule has 5 heteroatoms. The molecule has 0 bridgehead atoms. The number of nitrogens with one attached hydrogen (secondary N) is 1. The fourth-order valence-corrected chi connectivity index (χ4v) is 1.79. The van der Waals surface area contributed by atoms with Gasteiger partial charge in [-0.15, -0.1) is 0 Å². The topological polar surface area (TPSA) is 55.1 Å². The van der Waals surface area contributed by atoms with Crippen molar-refractivity contribution in [3.05, 3.63) is 58.4 Å². The van der Waals surface area contributed by atoms with Crippen molar-refractivity contribution in [3.8, 4) is 0 Å². The Balaban J connectivity index is 2.25. The Labute approximate surface area is 115 Å². The van der Waals surface area contributed by atoms with Gasteiger partial charge in [-0.25, -0.2) is 4.39 Å². The number of aryl methyl sites for hydroxylation is 1. The van der Waals surface area contributed by atoms with Crippen LogP contribution < -0.4 is 11.1 Å². The van der Waals surface area contributed by atoms with Gasteiger partial charge in [-0.2, -0.15) is 0 Å². The zero-order valence-electron chi connectivity index (χ0n) is 10.2. The van der Waals surface area contributed by atoms with Crippen LogP contribution >= 0.6 is 11.6 Å². The molecule has 0 unspecified atom stereocenters. The zero-order chi connectivity index (χ0) is 14.0. The highest BCUT2D eigenvalue weighted by Gasteiger charge is 2.10. The Morgan fingerprint density at radius 3 is 2.68 bits per heavy atom. The van der Waals surface area contributed by atoms with E-state index in [1.165, 1.54) is 18.2 Å². The van der Waals surface area contributed by atoms with Gasteiger partial charge in [-0.1, -0.05) is 11.6 Å². The summed E-state index contributed by atoms with van der Waals surface area (Å²) in [5.74, 6) is -0.712. The fourth-order valence-electron chi connectivity index (χ4n) is 1.62. The predicted octanol–water partition coefficient (Wildman–Crippen LogP) is 3.62. The van der Waals surface area contributed by atoms with E-state index in [-0.39, 0.29) is 11.7 Å². The van der Waals surface area contributed by atoms with Gasteiger partial charge in [-0.3, -0.25) is 4.79 Å². The Hall–Kier alpha value is -2.07. The van der Waals surface area contributed by atoms with Gasteiger partial charge in [0, 0.05) is 10.6 Å². The molecule has 2 aromatic carbocycles. The van der Waals surface area contributed by atoms with Crippen LogP contribution in [0.15, 0.2) is 36.4 Å². The Morgan fingerprint density at radius 2 is 2.00 bits per heavy atom. The first-order valence-electron chi connectivity index (χ1n) is 5.60. The molecule has 0 heterocycles. The van der Waals surface area contributed by atoms with Crippen LogP contribution in [0, 0.1) is 12.7 Å². The summed E-state index contributed by atoms with van der Waals surface area (Å²) in [5.41, 5.74) is 7.35. The Morgan fingerprint density at radius 1 is 1.26 bits per heavy atom. The van der Waals surface area contributed by atoms with Crippen molar-refractivity contribution < 1.29 is 9.18 Å². The molecular formula is C14H12ClFN2O. The van der Waals surface area contributed by atoms with E-state index in [1.54, 1.807) is 25.1 Å². The van der Waals surface area contributed by atoms with E-state index < -0.39 is 0 Å². The third-order valence-electron chi connectivity index (χ3n) is 2.68. The van der Waals surface area contributed by atoms with Crippen molar-refractivity contribution >= 4 is 28.9 Å². The van der Waals surface area contributed by atoms with E-state index in [2.05, 4.69) is 5.32 Å². The summed E-state index contributed by atoms with van der Waals surface area (Å²) in [5, 5.41) is 3.12. The minimum Gasteiger partial charge on any atom is -0.397 e. The molecular weight excluding hydrogens is 267 g/mol. The van der Waals surface area contributed by atoms with E-state index in [1.807, 2.05) is 0 Å². The number of nitrogens with two attached hydrogens (primary N) is 1. The second-order valence-corrected chi connectivity index (χ2v) is 4.59. The molecule has 0 aromatic heterocycles. The zero-order valence-corrected chi connectivity index (χ0v) is 11.0. The van der Waals surface area contributed by atoms with Crippen molar-refractivity contribution in [1.82, 2.24) is 0 Å². The molecule has 0 saturated heterocycles. The van der Waals surface area contributed by atoms with Crippen LogP contribution in [0.1, 0.15) is 15.9 Å². The van der Waals surface area contributed by atoms with Gasteiger partial charge in [0.15, 0.2) is 0 Å². The molecule has 0 aliphatic carbocycles. The molecule has 2 aromatic rings. The van der Waals surface area contributed by atoms with Gasteiger partial charge in [-0.05, 0) is 48.9 Å². The number of carbonyl (C=O) groups is 1. The Kier molecular flexibility index (Phi) is 3.71. The minimum absolute atomic E-state index is 0.348. The van der Waals surface area contributed by atoms with Crippen molar-refractivity contribution in [2.75, 3.05) is 11.1 Å². The van der Waals surface area contributed by atoms with Gasteiger partial charge < -0.3 is 11.1 Å². The second kappa shape index (κ2) is 5.28. The summed E-state index contributed by atoms with van der Waals surface area (Å²) in [7, 11) is 0. The first-order chi connectivity index (χ1) is 8.97. The maximum atomic E-state index is 13.1. The summed E-state index contributed by atoms with van der Waals surface area (Å²) in [6.45, 7) is 1.60. The number of benzene rings is 2. The predicted molar refractivity (Wildman–Crippen MR) is 75.0 cm³/mol. The Bertz CT molecular complexity index is 643. The van der Waals surface area contributed by atoms with Crippen LogP contribution in [0.25, 0.3) is 0 Å². The van der Waals surface area contributed by atoms with Crippen molar-refractivity contribution in [1.29, 1.82) is 0 Å². The number of amides is 1. The molecule has 0 aliphatic rings. The number of hydrogen-bond donors (Lipinski definition) is 2. The maximum Gasteiger partial charge on any atom is 0.255 e. The van der Waals surface area contributed by atoms with E-state index in [0.29, 0.717) is 27.5 Å². The normalized spacial score (nSPS) is 10.3. The lowest BCUT2D eigenvalue weighted by atomic mass is 10.1. The van der Waals surface area contributed by atoms with Crippen LogP contribution in [0.3, 0.4) is 0 Å². The van der Waals surface area contributed by atoms with Gasteiger partial charge in [0.25, 0.3) is 5.91 Å². The van der Waals surface area contributed by atoms with Gasteiger partial charge in [0.2, 0.25) is 0 Å². The third kappa shape index (κ3) is 3.03. The fraction of sp³-hybridized carbons (Fsp3) is 0.0714. The summed E-state index contributed by atoms with van der Waals surface area (Å²) in [4.78, 5) is 12.0. The molecule has 0 radical (unpaired) electrons. The molecule has 0 saturated carbocycles. The van der Waals surface area contributed by atoms with Gasteiger partial charge in [0.05, 0.1) is 11.4 Å². The molecule has 2 rings (SSSR count). The number of carbonyl (C=O) groups excluding carboxylic acids is 1. The van der Waals surface area contributed by atoms with Crippen LogP contribution in [-0.4, -0.2) is 5.91 Å². The molecule has 0 aliphatic heterocycles. The van der Waals surface area contributed by atoms with Crippen molar-refractivity contribution in [2.45, 2.75) is 6.92 Å². The lowest BCUT2D eigenvalue weighted by Gasteiger charge is -2.09. The first kappa shape index (κ1) is 13.4. The lowest BCUT2D eigenvalue weighted by molar-refractivity contribution is 0.102. The van der Waals surface area contributed by atoms with Gasteiger partial charge in [0.1, 0.15) is 5.82 Å². The van der Waals surface area contributed by atoms with E-state index >= 15 is 0 Å². The molecule has 3 N–H and O–H groups in total. The summed E-state index contributed by atoms with van der Waals surface area (Å²) < 4.78 is 13.1. The minimum atomic E-state index is -0.364. The summed E-state index contributed by atoms with van der Waals surface area (Å²) in [6, 6.07) is 8.95. The molecule has 0 fully saturated rings. The molecule has 0 spiro atoms. The van der Waals surface area contributed by atoms with Crippen molar-refractivity contribution in [2.24, 2.45) is 0 Å². The van der Waals surface area contributed by atoms with E-state index in [9.17, 15) is 9.18 Å². The number of nitrogen functional groups attached to an aromatic ring is 1. The number of hydrogen-bond acceptors (Lipinski definition) is 2. The number of anilines is 2. The monoisotopic (exact) mass is 278 g/mol. The van der Waals surface area contributed by atoms with Crippen molar-refractivity contribution in [3.63, 3.8) is 0 Å². The maximum absolute atomic E-state index is 13.1. The second-order valence-electron chi connectivity index (χ2n) is 4.15.